The van der Waals surface area contributed by atoms with E-state index in [9.17, 15) is 4.79 Å². The quantitative estimate of drug-likeness (QED) is 0.165. The van der Waals surface area contributed by atoms with Gasteiger partial charge < -0.3 is 0 Å². The van der Waals surface area contributed by atoms with E-state index in [4.69, 9.17) is 4.74 Å². The minimum atomic E-state index is -3.23. The predicted octanol–water partition coefficient (Wildman–Crippen LogP) is 6.73. The van der Waals surface area contributed by atoms with Crippen molar-refractivity contribution in [1.82, 2.24) is 0 Å². The van der Waals surface area contributed by atoms with Crippen molar-refractivity contribution in [3.8, 4) is 0 Å². The van der Waals surface area contributed by atoms with Crippen LogP contribution in [0.3, 0.4) is 0 Å². The second-order valence-electron chi connectivity index (χ2n) is 13.7. The van der Waals surface area contributed by atoms with Crippen LogP contribution in [0.15, 0.2) is 0 Å². The van der Waals surface area contributed by atoms with Gasteiger partial charge in [-0.2, -0.15) is 12.6 Å². The Bertz CT molecular complexity index is 1050. The Labute approximate surface area is 152 Å². The molecule has 10 saturated heterocycles. The van der Waals surface area contributed by atoms with Crippen LogP contribution in [0.5, 0.6) is 0 Å². The molecule has 1 spiro atoms. The summed E-state index contributed by atoms with van der Waals surface area (Å²) in [5.74, 6) is 1.44. The first-order valence-corrected chi connectivity index (χ1v) is 18.4. The molecular weight excluding hydrogens is 384 g/mol. The van der Waals surface area contributed by atoms with Crippen LogP contribution in [0.4, 0.5) is 0 Å². The van der Waals surface area contributed by atoms with E-state index in [-0.39, 0.29) is 0 Å². The van der Waals surface area contributed by atoms with E-state index in [0.29, 0.717) is 10.3 Å². The Morgan fingerprint density at radius 1 is 0.731 bits per heavy atom. The van der Waals surface area contributed by atoms with Crippen molar-refractivity contribution < 1.29 is 16.0 Å². The molecule has 4 heteroatoms. The molecule has 10 fully saturated rings. The van der Waals surface area contributed by atoms with Gasteiger partial charge in [0, 0.05) is 0 Å². The Hall–Kier alpha value is 0.339. The van der Waals surface area contributed by atoms with E-state index in [1.807, 2.05) is 0 Å². The average molecular weight is 416 g/mol. The van der Waals surface area contributed by atoms with Crippen LogP contribution in [0, 0.1) is 0 Å². The molecule has 2 nitrogen and oxygen atoms in total. The van der Waals surface area contributed by atoms with Gasteiger partial charge in [-0.25, -0.2) is 0 Å². The summed E-state index contributed by atoms with van der Waals surface area (Å²) in [6.07, 6.45) is 11.8. The molecule has 0 aliphatic carbocycles. The van der Waals surface area contributed by atoms with Gasteiger partial charge in [-0.15, -0.1) is 0 Å². The molecule has 10 aliphatic heterocycles. The molecule has 0 N–H and O–H groups in total. The number of rotatable bonds is 12. The molecule has 26 heavy (non-hydrogen) atoms. The van der Waals surface area contributed by atoms with Gasteiger partial charge in [0.1, 0.15) is 0 Å². The Kier molecular flexibility index (Phi) is 0.897. The molecule has 10 aliphatic rings. The van der Waals surface area contributed by atoms with Gasteiger partial charge in [0.2, 0.25) is 0 Å². The summed E-state index contributed by atoms with van der Waals surface area (Å²) in [6.45, 7) is -2.50. The third kappa shape index (κ3) is 0.246. The Balaban J connectivity index is 0.759. The fourth-order valence-corrected chi connectivity index (χ4v) is 92.2. The Morgan fingerprint density at radius 3 is 1.58 bits per heavy atom. The van der Waals surface area contributed by atoms with Crippen molar-refractivity contribution in [1.29, 1.82) is 0 Å². The number of esters is 1. The third-order valence-corrected chi connectivity index (χ3v) is 60.1. The number of ether oxygens (including phenoxy) is 1. The van der Waals surface area contributed by atoms with Crippen LogP contribution >= 0.6 is 12.6 Å². The summed E-state index contributed by atoms with van der Waals surface area (Å²) in [5, 5.41) is 0. The molecular formula is C22H32FeO2S. The van der Waals surface area contributed by atoms with Crippen molar-refractivity contribution in [2.45, 2.75) is 105 Å². The van der Waals surface area contributed by atoms with E-state index < -0.39 is 6.51 Å². The van der Waals surface area contributed by atoms with Crippen LogP contribution in [0.1, 0.15) is 57.8 Å². The van der Waals surface area contributed by atoms with Gasteiger partial charge in [0.15, 0.2) is 0 Å². The summed E-state index contributed by atoms with van der Waals surface area (Å²) in [5.41, 5.74) is 0. The number of carbonyl (C=O) groups excluding carboxylic acids is 1. The first kappa shape index (κ1) is 13.5. The van der Waals surface area contributed by atoms with Gasteiger partial charge in [-0.1, -0.05) is 0 Å². The van der Waals surface area contributed by atoms with Crippen LogP contribution in [-0.4, -0.2) is 18.3 Å². The maximum atomic E-state index is 13.3. The van der Waals surface area contributed by atoms with Crippen molar-refractivity contribution in [3.05, 3.63) is 0 Å². The molecule has 0 aromatic carbocycles. The van der Waals surface area contributed by atoms with E-state index in [2.05, 4.69) is 12.6 Å². The fourth-order valence-electron chi connectivity index (χ4n) is 18.5. The third-order valence-electron chi connectivity index (χ3n) is 17.5. The van der Waals surface area contributed by atoms with E-state index >= 15 is 0 Å². The van der Waals surface area contributed by atoms with Gasteiger partial charge >= 0.3 is 128 Å². The topological polar surface area (TPSA) is 26.3 Å². The van der Waals surface area contributed by atoms with Gasteiger partial charge in [-0.05, 0) is 12.2 Å². The standard InChI is InChI=1S/C17H27O2S.C5H5.Fe/c18-17(16-12-8-9-13-16)19-14-10-6-4-2-1-3-5-7-11-15-20;1-2-4-5-3-1;/h8-9,12-13,20H,1-7,10-11,14-15H2;1-5H;. The normalized spacial score (nSPS) is 81.8. The fraction of sp³-hybridized carbons (Fsp3) is 0.955. The Morgan fingerprint density at radius 2 is 1.19 bits per heavy atom. The zero-order valence-electron chi connectivity index (χ0n) is 15.6. The predicted molar refractivity (Wildman–Crippen MR) is 103 cm³/mol. The van der Waals surface area contributed by atoms with Crippen LogP contribution in [-0.2, 0) is 16.0 Å². The van der Waals surface area contributed by atoms with Gasteiger partial charge in [0.05, 0.1) is 0 Å². The molecule has 0 radical (unpaired) electrons. The molecule has 10 heterocycles. The van der Waals surface area contributed by atoms with Crippen molar-refractivity contribution in [2.24, 2.45) is 0 Å². The summed E-state index contributed by atoms with van der Waals surface area (Å²) >= 11 is 4.27. The zero-order chi connectivity index (χ0) is 17.1. The van der Waals surface area contributed by atoms with Crippen molar-refractivity contribution in [3.63, 3.8) is 0 Å². The number of carbonyl (C=O) groups is 1. The van der Waals surface area contributed by atoms with Crippen LogP contribution in [0.25, 0.3) is 0 Å². The zero-order valence-corrected chi connectivity index (χ0v) is 17.6. The molecule has 10 rings (SSSR count). The first-order valence-electron chi connectivity index (χ1n) is 11.5. The summed E-state index contributed by atoms with van der Waals surface area (Å²) in [7, 11) is 0. The van der Waals surface area contributed by atoms with E-state index in [0.717, 1.165) is 28.4 Å². The molecule has 0 aromatic heterocycles. The van der Waals surface area contributed by atoms with E-state index in [1.54, 1.807) is 0 Å². The molecule has 0 saturated carbocycles. The minimum absolute atomic E-state index is 0.325. The van der Waals surface area contributed by atoms with Gasteiger partial charge in [-0.3, -0.25) is 0 Å². The number of hydrogen-bond donors (Lipinski definition) is 1. The summed E-state index contributed by atoms with van der Waals surface area (Å²) in [4.78, 5) is 24.1. The average Bonchev–Trinajstić information content (AvgIpc) is 3.58. The van der Waals surface area contributed by atoms with Crippen LogP contribution in [0.2, 0.25) is 47.7 Å². The monoisotopic (exact) mass is 416 g/mol. The van der Waals surface area contributed by atoms with Gasteiger partial charge in [0.25, 0.3) is 0 Å². The first-order chi connectivity index (χ1) is 12.5. The maximum absolute atomic E-state index is 13.3. The number of unbranched alkanes of at least 4 members (excludes halogenated alkanes) is 8. The number of hydrogen-bond acceptors (Lipinski definition) is 3. The molecule has 4 unspecified atom stereocenters. The molecule has 4 atom stereocenters. The molecule has 0 bridgehead atoms. The molecule has 0 amide bonds. The number of thiol groups is 1. The summed E-state index contributed by atoms with van der Waals surface area (Å²) < 4.78 is 6.35. The SMILES string of the molecule is O=C(OCCCCCCCCCCCS)[C]12[CH]3[CH]4[CH]5[CH]1[Fe]45321678[CH]2[CH]1[CH]6[CH]7[CH]28. The van der Waals surface area contributed by atoms with Crippen LogP contribution < -0.4 is 0 Å². The van der Waals surface area contributed by atoms with E-state index in [1.165, 1.54) is 85.1 Å². The van der Waals surface area contributed by atoms with Crippen molar-refractivity contribution >= 4 is 18.6 Å². The number of fused-ring (bicyclic) bond motifs is 10. The second kappa shape index (κ2) is 1.72. The van der Waals surface area contributed by atoms with Crippen molar-refractivity contribution in [2.75, 3.05) is 12.4 Å². The molecule has 0 aromatic rings. The second-order valence-corrected chi connectivity index (χ2v) is 37.7. The summed E-state index contributed by atoms with van der Waals surface area (Å²) in [6, 6.07) is 0. The molecule has 146 valence electrons.